The Kier molecular flexibility index (Phi) is 8.12. The van der Waals surface area contributed by atoms with Gasteiger partial charge >= 0.3 is 0 Å². The van der Waals surface area contributed by atoms with Gasteiger partial charge in [-0.15, -0.1) is 0 Å². The van der Waals surface area contributed by atoms with Gasteiger partial charge in [0.2, 0.25) is 5.82 Å². The van der Waals surface area contributed by atoms with Crippen molar-refractivity contribution in [3.8, 4) is 28.0 Å². The van der Waals surface area contributed by atoms with Crippen molar-refractivity contribution in [1.82, 2.24) is 0 Å². The fraction of sp³-hybridized carbons (Fsp3) is 0.290. The predicted octanol–water partition coefficient (Wildman–Crippen LogP) is 9.38. The first-order valence-corrected chi connectivity index (χ1v) is 12.3. The van der Waals surface area contributed by atoms with Gasteiger partial charge in [-0.1, -0.05) is 68.0 Å². The molecule has 0 amide bonds. The van der Waals surface area contributed by atoms with E-state index < -0.39 is 11.6 Å². The maximum Gasteiger partial charge on any atom is 0.201 e. The molecule has 1 unspecified atom stereocenters. The number of halogens is 3. The highest BCUT2D eigenvalue weighted by Gasteiger charge is 2.18. The highest BCUT2D eigenvalue weighted by atomic mass is 19.2. The molecule has 0 spiro atoms. The second-order valence-electron chi connectivity index (χ2n) is 9.00. The number of hydrogen-bond acceptors (Lipinski definition) is 1. The highest BCUT2D eigenvalue weighted by Crippen LogP contribution is 2.35. The van der Waals surface area contributed by atoms with E-state index in [2.05, 4.69) is 18.2 Å². The zero-order valence-electron chi connectivity index (χ0n) is 20.3. The quantitative estimate of drug-likeness (QED) is 0.232. The molecule has 1 aliphatic rings. The molecule has 1 nitrogen and oxygen atoms in total. The lowest BCUT2D eigenvalue weighted by Gasteiger charge is -2.20. The van der Waals surface area contributed by atoms with E-state index in [0.29, 0.717) is 23.7 Å². The highest BCUT2D eigenvalue weighted by molar-refractivity contribution is 5.74. The van der Waals surface area contributed by atoms with E-state index in [1.54, 1.807) is 30.3 Å². The fourth-order valence-corrected chi connectivity index (χ4v) is 4.54. The number of ether oxygens (including phenoxy) is 1. The lowest BCUT2D eigenvalue weighted by atomic mass is 9.86. The van der Waals surface area contributed by atoms with E-state index in [0.717, 1.165) is 48.8 Å². The molecule has 1 aliphatic carbocycles. The van der Waals surface area contributed by atoms with E-state index in [9.17, 15) is 13.2 Å². The van der Waals surface area contributed by atoms with Crippen LogP contribution in [0.4, 0.5) is 13.2 Å². The molecule has 3 aromatic carbocycles. The van der Waals surface area contributed by atoms with Gasteiger partial charge in [0.15, 0.2) is 11.6 Å². The molecule has 1 atom stereocenters. The molecule has 0 aliphatic heterocycles. The maximum atomic E-state index is 15.0. The van der Waals surface area contributed by atoms with E-state index in [4.69, 9.17) is 4.74 Å². The number of rotatable bonds is 8. The van der Waals surface area contributed by atoms with E-state index in [1.807, 2.05) is 26.0 Å². The first-order chi connectivity index (χ1) is 17.0. The summed E-state index contributed by atoms with van der Waals surface area (Å²) in [6.07, 6.45) is 11.0. The van der Waals surface area contributed by atoms with Crippen LogP contribution in [0.2, 0.25) is 0 Å². The Hall–Kier alpha value is -3.27. The molecule has 182 valence electrons. The zero-order valence-corrected chi connectivity index (χ0v) is 20.3. The van der Waals surface area contributed by atoms with Crippen LogP contribution in [0.3, 0.4) is 0 Å². The van der Waals surface area contributed by atoms with Crippen molar-refractivity contribution in [2.24, 2.45) is 5.92 Å². The van der Waals surface area contributed by atoms with Crippen LogP contribution in [0.5, 0.6) is 5.75 Å². The number of benzene rings is 3. The topological polar surface area (TPSA) is 9.23 Å². The van der Waals surface area contributed by atoms with Crippen LogP contribution in [0.15, 0.2) is 72.8 Å². The summed E-state index contributed by atoms with van der Waals surface area (Å²) in [7, 11) is 0. The number of unbranched alkanes of at least 4 members (excludes halogenated alkanes) is 1. The summed E-state index contributed by atoms with van der Waals surface area (Å²) >= 11 is 0. The summed E-state index contributed by atoms with van der Waals surface area (Å²) in [5, 5.41) is 0. The van der Waals surface area contributed by atoms with Crippen molar-refractivity contribution < 1.29 is 17.9 Å². The maximum absolute atomic E-state index is 15.0. The third-order valence-corrected chi connectivity index (χ3v) is 6.56. The second-order valence-corrected chi connectivity index (χ2v) is 9.00. The summed E-state index contributed by atoms with van der Waals surface area (Å²) in [5.41, 5.74) is 3.98. The van der Waals surface area contributed by atoms with Crippen LogP contribution in [-0.2, 0) is 0 Å². The van der Waals surface area contributed by atoms with Crippen molar-refractivity contribution in [1.29, 1.82) is 0 Å². The minimum absolute atomic E-state index is 0.0719. The normalized spacial score (nSPS) is 15.9. The Labute approximate surface area is 206 Å². The third-order valence-electron chi connectivity index (χ3n) is 6.56. The molecular formula is C31H31F3O. The van der Waals surface area contributed by atoms with E-state index in [-0.39, 0.29) is 17.1 Å². The molecule has 0 bridgehead atoms. The SMILES string of the molecule is C/C=C/C1CC=C(c2ccc(-c3ccc(-c4ccc(OCCCC)c(F)c4F)cc3)cc2F)CC1. The lowest BCUT2D eigenvalue weighted by molar-refractivity contribution is 0.289. The molecule has 0 fully saturated rings. The summed E-state index contributed by atoms with van der Waals surface area (Å²) in [4.78, 5) is 0. The molecule has 0 saturated carbocycles. The largest absolute Gasteiger partial charge is 0.490 e. The van der Waals surface area contributed by atoms with Crippen LogP contribution in [0.25, 0.3) is 27.8 Å². The van der Waals surface area contributed by atoms with Crippen molar-refractivity contribution in [2.45, 2.75) is 46.0 Å². The molecule has 4 rings (SSSR count). The molecule has 4 heteroatoms. The molecular weight excluding hydrogens is 445 g/mol. The number of hydrogen-bond donors (Lipinski definition) is 0. The monoisotopic (exact) mass is 476 g/mol. The van der Waals surface area contributed by atoms with Crippen LogP contribution in [0, 0.1) is 23.4 Å². The van der Waals surface area contributed by atoms with Gasteiger partial charge in [-0.25, -0.2) is 8.78 Å². The molecule has 3 aromatic rings. The van der Waals surface area contributed by atoms with Crippen molar-refractivity contribution in [3.05, 3.63) is 95.8 Å². The van der Waals surface area contributed by atoms with Gasteiger partial charge in [-0.05, 0) is 79.0 Å². The first-order valence-electron chi connectivity index (χ1n) is 12.3. The zero-order chi connectivity index (χ0) is 24.8. The number of allylic oxidation sites excluding steroid dienone is 4. The standard InChI is InChI=1S/C31H31F3O/c1-3-5-19-35-29-18-17-27(30(33)31(29)34)24-13-11-22(12-14-24)25-15-16-26(28(32)20-25)23-9-7-21(6-4-2)8-10-23/h4,6,9,11-18,20-21H,3,5,7-8,10,19H2,1-2H3/b6-4+. The van der Waals surface area contributed by atoms with Crippen LogP contribution in [-0.4, -0.2) is 6.61 Å². The minimum atomic E-state index is -0.977. The van der Waals surface area contributed by atoms with Gasteiger partial charge in [0, 0.05) is 11.1 Å². The van der Waals surface area contributed by atoms with E-state index >= 15 is 0 Å². The Morgan fingerprint density at radius 3 is 2.26 bits per heavy atom. The van der Waals surface area contributed by atoms with Crippen LogP contribution < -0.4 is 4.74 Å². The Morgan fingerprint density at radius 2 is 1.60 bits per heavy atom. The average Bonchev–Trinajstić information content (AvgIpc) is 2.88. The molecule has 0 saturated heterocycles. The Morgan fingerprint density at radius 1 is 0.886 bits per heavy atom. The predicted molar refractivity (Wildman–Crippen MR) is 138 cm³/mol. The fourth-order valence-electron chi connectivity index (χ4n) is 4.54. The van der Waals surface area contributed by atoms with Crippen LogP contribution in [0.1, 0.15) is 51.5 Å². The molecule has 0 heterocycles. The Bertz CT molecular complexity index is 1220. The van der Waals surface area contributed by atoms with Gasteiger partial charge < -0.3 is 4.74 Å². The van der Waals surface area contributed by atoms with Crippen LogP contribution >= 0.6 is 0 Å². The summed E-state index contributed by atoms with van der Waals surface area (Å²) in [5.74, 6) is -1.69. The smallest absolute Gasteiger partial charge is 0.201 e. The first kappa shape index (κ1) is 24.8. The van der Waals surface area contributed by atoms with Gasteiger partial charge in [0.25, 0.3) is 0 Å². The summed E-state index contributed by atoms with van der Waals surface area (Å²) < 4.78 is 49.5. The lowest BCUT2D eigenvalue weighted by Crippen LogP contribution is -2.03. The molecule has 35 heavy (non-hydrogen) atoms. The minimum Gasteiger partial charge on any atom is -0.490 e. The van der Waals surface area contributed by atoms with Crippen molar-refractivity contribution >= 4 is 5.57 Å². The van der Waals surface area contributed by atoms with Crippen molar-refractivity contribution in [3.63, 3.8) is 0 Å². The summed E-state index contributed by atoms with van der Waals surface area (Å²) in [6, 6.07) is 15.3. The summed E-state index contributed by atoms with van der Waals surface area (Å²) in [6.45, 7) is 4.38. The van der Waals surface area contributed by atoms with Gasteiger partial charge in [0.1, 0.15) is 5.82 Å². The van der Waals surface area contributed by atoms with E-state index in [1.165, 1.54) is 12.1 Å². The third kappa shape index (κ3) is 5.70. The molecule has 0 radical (unpaired) electrons. The van der Waals surface area contributed by atoms with Crippen molar-refractivity contribution in [2.75, 3.05) is 6.61 Å². The average molecular weight is 477 g/mol. The van der Waals surface area contributed by atoms with Gasteiger partial charge in [-0.2, -0.15) is 4.39 Å². The Balaban J connectivity index is 1.51. The molecule has 0 N–H and O–H groups in total. The second kappa shape index (κ2) is 11.4. The molecule has 0 aromatic heterocycles. The van der Waals surface area contributed by atoms with Gasteiger partial charge in [-0.3, -0.25) is 0 Å². The van der Waals surface area contributed by atoms with Gasteiger partial charge in [0.05, 0.1) is 6.61 Å².